The Morgan fingerprint density at radius 1 is 1.04 bits per heavy atom. The van der Waals surface area contributed by atoms with Gasteiger partial charge in [-0.25, -0.2) is 4.79 Å². The van der Waals surface area contributed by atoms with Crippen molar-refractivity contribution in [2.45, 2.75) is 0 Å². The van der Waals surface area contributed by atoms with Crippen LogP contribution in [0.15, 0.2) is 53.0 Å². The van der Waals surface area contributed by atoms with Crippen molar-refractivity contribution < 1.29 is 9.53 Å². The number of hydrogen-bond donors (Lipinski definition) is 2. The fourth-order valence-electron chi connectivity index (χ4n) is 2.89. The highest BCUT2D eigenvalue weighted by Crippen LogP contribution is 2.32. The lowest BCUT2D eigenvalue weighted by Crippen LogP contribution is -2.02. The number of rotatable bonds is 2. The summed E-state index contributed by atoms with van der Waals surface area (Å²) in [5.41, 5.74) is 4.06. The number of halogens is 1. The number of hydrogen-bond acceptors (Lipinski definition) is 2. The van der Waals surface area contributed by atoms with E-state index in [1.165, 1.54) is 7.11 Å². The molecular formula is C18H13BrN2O2. The fraction of sp³-hybridized carbons (Fsp3) is 0.0556. The molecule has 0 spiro atoms. The van der Waals surface area contributed by atoms with Crippen LogP contribution in [-0.4, -0.2) is 23.0 Å². The maximum atomic E-state index is 12.3. The normalized spacial score (nSPS) is 11.2. The van der Waals surface area contributed by atoms with E-state index < -0.39 is 0 Å². The molecule has 0 aliphatic carbocycles. The number of ether oxygens (including phenoxy) is 1. The number of esters is 1. The van der Waals surface area contributed by atoms with E-state index in [0.717, 1.165) is 37.7 Å². The summed E-state index contributed by atoms with van der Waals surface area (Å²) in [5, 5.41) is 1.94. The molecule has 0 bridgehead atoms. The van der Waals surface area contributed by atoms with Gasteiger partial charge < -0.3 is 14.7 Å². The first-order valence-corrected chi connectivity index (χ1v) is 7.94. The van der Waals surface area contributed by atoms with E-state index in [1.54, 1.807) is 0 Å². The van der Waals surface area contributed by atoms with Crippen molar-refractivity contribution in [2.75, 3.05) is 7.11 Å². The van der Waals surface area contributed by atoms with Gasteiger partial charge in [0.1, 0.15) is 0 Å². The van der Waals surface area contributed by atoms with Crippen LogP contribution in [0, 0.1) is 0 Å². The van der Waals surface area contributed by atoms with Crippen LogP contribution in [0.3, 0.4) is 0 Å². The third-order valence-electron chi connectivity index (χ3n) is 3.95. The number of aromatic amines is 2. The van der Waals surface area contributed by atoms with Gasteiger partial charge in [0.2, 0.25) is 0 Å². The predicted molar refractivity (Wildman–Crippen MR) is 94.6 cm³/mol. The first kappa shape index (κ1) is 14.1. The van der Waals surface area contributed by atoms with Crippen LogP contribution in [0.25, 0.3) is 33.2 Å². The minimum atomic E-state index is -0.350. The summed E-state index contributed by atoms with van der Waals surface area (Å²) in [6.45, 7) is 0. The average molecular weight is 369 g/mol. The summed E-state index contributed by atoms with van der Waals surface area (Å²) >= 11 is 3.47. The fourth-order valence-corrected chi connectivity index (χ4v) is 3.25. The molecule has 0 aliphatic rings. The molecule has 0 fully saturated rings. The molecule has 114 valence electrons. The molecule has 4 nitrogen and oxygen atoms in total. The van der Waals surface area contributed by atoms with Crippen molar-refractivity contribution in [3.8, 4) is 11.4 Å². The Morgan fingerprint density at radius 3 is 2.70 bits per heavy atom. The van der Waals surface area contributed by atoms with Crippen LogP contribution in [0.4, 0.5) is 0 Å². The van der Waals surface area contributed by atoms with Gasteiger partial charge >= 0.3 is 5.97 Å². The molecule has 4 aromatic rings. The Morgan fingerprint density at radius 2 is 1.87 bits per heavy atom. The van der Waals surface area contributed by atoms with E-state index in [-0.39, 0.29) is 5.97 Å². The van der Waals surface area contributed by atoms with Gasteiger partial charge in [-0.1, -0.05) is 40.2 Å². The molecule has 0 aliphatic heterocycles. The first-order chi connectivity index (χ1) is 11.2. The van der Waals surface area contributed by atoms with Gasteiger partial charge in [0.05, 0.1) is 24.1 Å². The van der Waals surface area contributed by atoms with Crippen LogP contribution in [-0.2, 0) is 4.74 Å². The molecule has 0 atom stereocenters. The standard InChI is InChI=1S/C18H13BrN2O2/c1-23-18(22)16-12-4-2-3-5-13(12)21-17(16)15-8-10-6-7-11(19)9-14(10)20-15/h2-9,20-21H,1H3. The number of aromatic nitrogens is 2. The third-order valence-corrected chi connectivity index (χ3v) is 4.44. The number of nitrogens with one attached hydrogen (secondary N) is 2. The van der Waals surface area contributed by atoms with Crippen molar-refractivity contribution in [1.29, 1.82) is 0 Å². The summed E-state index contributed by atoms with van der Waals surface area (Å²) in [7, 11) is 1.40. The van der Waals surface area contributed by atoms with Crippen molar-refractivity contribution in [3.63, 3.8) is 0 Å². The van der Waals surface area contributed by atoms with Crippen LogP contribution in [0.5, 0.6) is 0 Å². The number of fused-ring (bicyclic) bond motifs is 2. The second-order valence-electron chi connectivity index (χ2n) is 5.33. The molecule has 0 unspecified atom stereocenters. The van der Waals surface area contributed by atoms with Gasteiger partial charge in [-0.05, 0) is 24.3 Å². The average Bonchev–Trinajstić information content (AvgIpc) is 3.14. The molecule has 23 heavy (non-hydrogen) atoms. The second kappa shape index (κ2) is 5.28. The monoisotopic (exact) mass is 368 g/mol. The topological polar surface area (TPSA) is 57.9 Å². The second-order valence-corrected chi connectivity index (χ2v) is 6.24. The van der Waals surface area contributed by atoms with Crippen LogP contribution < -0.4 is 0 Å². The van der Waals surface area contributed by atoms with Crippen LogP contribution in [0.2, 0.25) is 0 Å². The Hall–Kier alpha value is -2.53. The minimum Gasteiger partial charge on any atom is -0.465 e. The maximum Gasteiger partial charge on any atom is 0.340 e. The highest BCUT2D eigenvalue weighted by molar-refractivity contribution is 9.10. The van der Waals surface area contributed by atoms with E-state index >= 15 is 0 Å². The molecular weight excluding hydrogens is 356 g/mol. The van der Waals surface area contributed by atoms with Crippen LogP contribution in [0.1, 0.15) is 10.4 Å². The van der Waals surface area contributed by atoms with Crippen molar-refractivity contribution in [2.24, 2.45) is 0 Å². The zero-order valence-electron chi connectivity index (χ0n) is 12.3. The highest BCUT2D eigenvalue weighted by atomic mass is 79.9. The van der Waals surface area contributed by atoms with E-state index in [1.807, 2.05) is 48.5 Å². The van der Waals surface area contributed by atoms with Gasteiger partial charge in [0, 0.05) is 26.3 Å². The summed E-state index contributed by atoms with van der Waals surface area (Å²) in [6.07, 6.45) is 0. The minimum absolute atomic E-state index is 0.350. The molecule has 5 heteroatoms. The van der Waals surface area contributed by atoms with E-state index in [2.05, 4.69) is 25.9 Å². The van der Waals surface area contributed by atoms with E-state index in [9.17, 15) is 4.79 Å². The third kappa shape index (κ3) is 2.24. The number of H-pyrrole nitrogens is 2. The Labute approximate surface area is 140 Å². The smallest absolute Gasteiger partial charge is 0.340 e. The predicted octanol–water partition coefficient (Wildman–Crippen LogP) is 4.87. The largest absolute Gasteiger partial charge is 0.465 e. The number of carbonyl (C=O) groups excluding carboxylic acids is 1. The van der Waals surface area contributed by atoms with Gasteiger partial charge in [0.25, 0.3) is 0 Å². The molecule has 0 amide bonds. The van der Waals surface area contributed by atoms with Gasteiger partial charge in [-0.2, -0.15) is 0 Å². The number of para-hydroxylation sites is 1. The Bertz CT molecular complexity index is 1050. The lowest BCUT2D eigenvalue weighted by atomic mass is 10.1. The molecule has 0 radical (unpaired) electrons. The van der Waals surface area contributed by atoms with Crippen molar-refractivity contribution in [1.82, 2.24) is 9.97 Å². The number of benzene rings is 2. The van der Waals surface area contributed by atoms with Gasteiger partial charge in [-0.15, -0.1) is 0 Å². The number of carbonyl (C=O) groups is 1. The summed E-state index contributed by atoms with van der Waals surface area (Å²) in [6, 6.07) is 15.8. The summed E-state index contributed by atoms with van der Waals surface area (Å²) in [4.78, 5) is 19.0. The molecule has 2 aromatic heterocycles. The van der Waals surface area contributed by atoms with E-state index in [4.69, 9.17) is 4.74 Å². The summed E-state index contributed by atoms with van der Waals surface area (Å²) in [5.74, 6) is -0.350. The lowest BCUT2D eigenvalue weighted by Gasteiger charge is -2.01. The molecule has 4 rings (SSSR count). The zero-order valence-corrected chi connectivity index (χ0v) is 13.9. The summed E-state index contributed by atoms with van der Waals surface area (Å²) < 4.78 is 5.98. The molecule has 2 N–H and O–H groups in total. The Kier molecular flexibility index (Phi) is 3.23. The van der Waals surface area contributed by atoms with Crippen molar-refractivity contribution in [3.05, 3.63) is 58.6 Å². The van der Waals surface area contributed by atoms with Crippen LogP contribution >= 0.6 is 15.9 Å². The highest BCUT2D eigenvalue weighted by Gasteiger charge is 2.21. The molecule has 0 saturated heterocycles. The van der Waals surface area contributed by atoms with E-state index in [0.29, 0.717) is 5.56 Å². The SMILES string of the molecule is COC(=O)c1c(-c2cc3ccc(Br)cc3[nH]2)[nH]c2ccccc12. The van der Waals surface area contributed by atoms with Crippen molar-refractivity contribution >= 4 is 43.7 Å². The first-order valence-electron chi connectivity index (χ1n) is 7.15. The lowest BCUT2D eigenvalue weighted by molar-refractivity contribution is 0.0604. The number of methoxy groups -OCH3 is 1. The maximum absolute atomic E-state index is 12.3. The quantitative estimate of drug-likeness (QED) is 0.496. The molecule has 2 aromatic carbocycles. The molecule has 0 saturated carbocycles. The Balaban J connectivity index is 2.01. The van der Waals surface area contributed by atoms with Gasteiger partial charge in [-0.3, -0.25) is 0 Å². The molecule has 2 heterocycles. The van der Waals surface area contributed by atoms with Gasteiger partial charge in [0.15, 0.2) is 0 Å². The zero-order chi connectivity index (χ0) is 16.0.